The Labute approximate surface area is 207 Å². The van der Waals surface area contributed by atoms with Crippen LogP contribution >= 0.6 is 0 Å². The van der Waals surface area contributed by atoms with E-state index >= 15 is 0 Å². The minimum Gasteiger partial charge on any atom is -0.393 e. The molecule has 1 saturated carbocycles. The van der Waals surface area contributed by atoms with Gasteiger partial charge < -0.3 is 25.8 Å². The molecular weight excluding hydrogens is 438 g/mol. The third kappa shape index (κ3) is 5.73. The van der Waals surface area contributed by atoms with Crippen molar-refractivity contribution in [1.82, 2.24) is 10.2 Å². The Morgan fingerprint density at radius 2 is 1.66 bits per heavy atom. The summed E-state index contributed by atoms with van der Waals surface area (Å²) < 4.78 is 0. The minimum atomic E-state index is 0.0128. The Kier molecular flexibility index (Phi) is 7.54. The van der Waals surface area contributed by atoms with E-state index in [1.165, 1.54) is 11.8 Å². The van der Waals surface area contributed by atoms with E-state index < -0.39 is 0 Å². The van der Waals surface area contributed by atoms with Crippen LogP contribution in [0.3, 0.4) is 0 Å². The van der Waals surface area contributed by atoms with Crippen molar-refractivity contribution in [3.8, 4) is 0 Å². The third-order valence-electron chi connectivity index (χ3n) is 6.88. The summed E-state index contributed by atoms with van der Waals surface area (Å²) in [6, 6.07) is 14.0. The number of nitrogens with zero attached hydrogens (tertiary/aromatic N) is 2. The Morgan fingerprint density at radius 1 is 1.00 bits per heavy atom. The van der Waals surface area contributed by atoms with Gasteiger partial charge in [-0.25, -0.2) is 0 Å². The highest BCUT2D eigenvalue weighted by molar-refractivity contribution is 6.08. The largest absolute Gasteiger partial charge is 0.393 e. The van der Waals surface area contributed by atoms with Crippen molar-refractivity contribution in [2.75, 3.05) is 44.4 Å². The van der Waals surface area contributed by atoms with E-state index in [4.69, 9.17) is 5.41 Å². The van der Waals surface area contributed by atoms with E-state index in [1.807, 2.05) is 55.3 Å². The Balaban J connectivity index is 1.41. The van der Waals surface area contributed by atoms with Crippen molar-refractivity contribution in [3.63, 3.8) is 0 Å². The molecule has 2 aliphatic rings. The average molecular weight is 474 g/mol. The number of carbonyl (C=O) groups is 2. The molecule has 2 aromatic carbocycles. The van der Waals surface area contributed by atoms with E-state index in [-0.39, 0.29) is 17.7 Å². The van der Waals surface area contributed by atoms with Gasteiger partial charge in [-0.2, -0.15) is 0 Å². The normalized spacial score (nSPS) is 16.5. The zero-order valence-electron chi connectivity index (χ0n) is 20.8. The molecule has 0 bridgehead atoms. The van der Waals surface area contributed by atoms with Crippen LogP contribution in [0.4, 0.5) is 11.4 Å². The number of nitrogens with one attached hydrogen (secondary N) is 3. The molecule has 1 heterocycles. The lowest BCUT2D eigenvalue weighted by molar-refractivity contribution is -0.117. The van der Waals surface area contributed by atoms with Gasteiger partial charge in [0.25, 0.3) is 5.91 Å². The fourth-order valence-corrected chi connectivity index (χ4v) is 4.65. The molecule has 184 valence electrons. The number of allylic oxidation sites excluding steroid dienone is 1. The number of hydrogen-bond acceptors (Lipinski definition) is 5. The number of rotatable bonds is 8. The lowest BCUT2D eigenvalue weighted by Crippen LogP contribution is -2.38. The molecule has 35 heavy (non-hydrogen) atoms. The number of likely N-dealkylation sites (tertiary alicyclic amines) is 1. The number of benzene rings is 2. The molecule has 0 radical (unpaired) electrons. The fraction of sp³-hybridized carbons (Fsp3) is 0.393. The van der Waals surface area contributed by atoms with Crippen molar-refractivity contribution in [2.45, 2.75) is 31.6 Å². The van der Waals surface area contributed by atoms with Crippen LogP contribution in [0.25, 0.3) is 5.57 Å². The van der Waals surface area contributed by atoms with Gasteiger partial charge in [-0.3, -0.25) is 9.59 Å². The lowest BCUT2D eigenvalue weighted by atomic mass is 9.88. The van der Waals surface area contributed by atoms with Crippen LogP contribution in [0.1, 0.15) is 53.1 Å². The summed E-state index contributed by atoms with van der Waals surface area (Å²) in [6.07, 6.45) is 6.88. The number of amides is 2. The number of anilines is 2. The molecule has 0 spiro atoms. The summed E-state index contributed by atoms with van der Waals surface area (Å²) in [6.45, 7) is 1.41. The summed E-state index contributed by atoms with van der Waals surface area (Å²) in [4.78, 5) is 29.5. The predicted molar refractivity (Wildman–Crippen MR) is 142 cm³/mol. The molecule has 0 aromatic heterocycles. The van der Waals surface area contributed by atoms with Crippen molar-refractivity contribution in [2.24, 2.45) is 5.92 Å². The van der Waals surface area contributed by atoms with E-state index in [0.29, 0.717) is 30.3 Å². The summed E-state index contributed by atoms with van der Waals surface area (Å²) in [5, 5.41) is 13.6. The maximum absolute atomic E-state index is 13.3. The van der Waals surface area contributed by atoms with Gasteiger partial charge in [0.05, 0.1) is 11.4 Å². The first kappa shape index (κ1) is 24.5. The molecule has 1 saturated heterocycles. The van der Waals surface area contributed by atoms with Crippen LogP contribution in [-0.4, -0.2) is 57.2 Å². The van der Waals surface area contributed by atoms with Crippen LogP contribution in [0.5, 0.6) is 0 Å². The Hall–Kier alpha value is -3.61. The van der Waals surface area contributed by atoms with Crippen LogP contribution in [0, 0.1) is 11.3 Å². The molecule has 3 N–H and O–H groups in total. The number of carbonyl (C=O) groups excluding carboxylic acids is 2. The average Bonchev–Trinajstić information content (AvgIpc) is 3.73. The molecule has 0 unspecified atom stereocenters. The van der Waals surface area contributed by atoms with Crippen LogP contribution in [0.2, 0.25) is 0 Å². The standard InChI is InChI=1S/C28H35N5O2/c1-30-18-24(17-29)20-6-4-19(5-7-20)21-12-14-33(15-13-21)28(35)23-10-11-26(32(2)3)25(16-23)31-27(34)22-8-9-22/h4-7,10-11,16-18,21-22,29-30H,8-9,12-15H2,1-3H3,(H,31,34)/b24-18+,29-17?. The van der Waals surface area contributed by atoms with E-state index in [2.05, 4.69) is 34.9 Å². The second-order valence-electron chi connectivity index (χ2n) is 9.61. The van der Waals surface area contributed by atoms with Crippen LogP contribution < -0.4 is 15.5 Å². The summed E-state index contributed by atoms with van der Waals surface area (Å²) in [5.74, 6) is 0.570. The van der Waals surface area contributed by atoms with Crippen molar-refractivity contribution in [3.05, 3.63) is 65.4 Å². The molecule has 2 aromatic rings. The lowest BCUT2D eigenvalue weighted by Gasteiger charge is -2.32. The maximum atomic E-state index is 13.3. The minimum absolute atomic E-state index is 0.0128. The van der Waals surface area contributed by atoms with Gasteiger partial charge in [-0.1, -0.05) is 24.3 Å². The van der Waals surface area contributed by atoms with Gasteiger partial charge >= 0.3 is 0 Å². The molecular formula is C28H35N5O2. The first-order valence-corrected chi connectivity index (χ1v) is 12.3. The molecule has 1 aliphatic carbocycles. The van der Waals surface area contributed by atoms with E-state index in [9.17, 15) is 9.59 Å². The summed E-state index contributed by atoms with van der Waals surface area (Å²) >= 11 is 0. The second-order valence-corrected chi connectivity index (χ2v) is 9.61. The quantitative estimate of drug-likeness (QED) is 0.498. The van der Waals surface area contributed by atoms with Crippen molar-refractivity contribution >= 4 is 35.0 Å². The summed E-state index contributed by atoms with van der Waals surface area (Å²) in [7, 11) is 5.70. The third-order valence-corrected chi connectivity index (χ3v) is 6.88. The first-order chi connectivity index (χ1) is 16.9. The Morgan fingerprint density at radius 3 is 2.23 bits per heavy atom. The number of piperidine rings is 1. The molecule has 0 atom stereocenters. The molecule has 2 amide bonds. The van der Waals surface area contributed by atoms with Gasteiger partial charge in [0, 0.05) is 63.7 Å². The molecule has 4 rings (SSSR count). The SMILES string of the molecule is CN/C=C(\C=N)c1ccc(C2CCN(C(=O)c3ccc(N(C)C)c(NC(=O)C4CC4)c3)CC2)cc1. The zero-order valence-corrected chi connectivity index (χ0v) is 20.8. The van der Waals surface area contributed by atoms with Gasteiger partial charge in [0.1, 0.15) is 0 Å². The number of hydrogen-bond donors (Lipinski definition) is 3. The van der Waals surface area contributed by atoms with Crippen LogP contribution in [-0.2, 0) is 4.79 Å². The zero-order chi connectivity index (χ0) is 24.9. The van der Waals surface area contributed by atoms with Crippen LogP contribution in [0.15, 0.2) is 48.7 Å². The highest BCUT2D eigenvalue weighted by atomic mass is 16.2. The highest BCUT2D eigenvalue weighted by Gasteiger charge is 2.30. The smallest absolute Gasteiger partial charge is 0.253 e. The Bertz CT molecular complexity index is 1110. The van der Waals surface area contributed by atoms with Gasteiger partial charge in [-0.15, -0.1) is 0 Å². The second kappa shape index (κ2) is 10.8. The van der Waals surface area contributed by atoms with Crippen molar-refractivity contribution in [1.29, 1.82) is 5.41 Å². The van der Waals surface area contributed by atoms with Gasteiger partial charge in [-0.05, 0) is 60.9 Å². The monoisotopic (exact) mass is 473 g/mol. The fourth-order valence-electron chi connectivity index (χ4n) is 4.65. The topological polar surface area (TPSA) is 88.5 Å². The molecule has 7 nitrogen and oxygen atoms in total. The van der Waals surface area contributed by atoms with E-state index in [1.54, 1.807) is 0 Å². The predicted octanol–water partition coefficient (Wildman–Crippen LogP) is 4.33. The first-order valence-electron chi connectivity index (χ1n) is 12.3. The van der Waals surface area contributed by atoms with E-state index in [0.717, 1.165) is 42.5 Å². The molecule has 2 fully saturated rings. The van der Waals surface area contributed by atoms with Crippen molar-refractivity contribution < 1.29 is 9.59 Å². The van der Waals surface area contributed by atoms with Gasteiger partial charge in [0.2, 0.25) is 5.91 Å². The highest BCUT2D eigenvalue weighted by Crippen LogP contribution is 2.34. The van der Waals surface area contributed by atoms with Gasteiger partial charge in [0.15, 0.2) is 0 Å². The molecule has 7 heteroatoms. The maximum Gasteiger partial charge on any atom is 0.253 e. The molecule has 1 aliphatic heterocycles. The summed E-state index contributed by atoms with van der Waals surface area (Å²) in [5.41, 5.74) is 5.33.